The Morgan fingerprint density at radius 3 is 1.80 bits per heavy atom. The fraction of sp³-hybridized carbons (Fsp3) is 0.200. The smallest absolute Gasteiger partial charge is 0.331 e. The van der Waals surface area contributed by atoms with Crippen LogP contribution in [0, 0.1) is 0 Å². The van der Waals surface area contributed by atoms with Gasteiger partial charge in [0, 0.05) is 11.6 Å². The minimum atomic E-state index is -1.24. The standard InChI is InChI=1S/C5H6O4.FH/c1-3(5(8)9)2-4(6)7;/h2H,1H3,(H,6,7)(H,8,9);1H/b3-2-;. The first-order valence-electron chi connectivity index (χ1n) is 2.18. The molecule has 0 aliphatic carbocycles. The molecule has 58 valence electrons. The summed E-state index contributed by atoms with van der Waals surface area (Å²) in [6, 6.07) is 0. The molecular weight excluding hydrogens is 143 g/mol. The lowest BCUT2D eigenvalue weighted by atomic mass is 10.3. The maximum atomic E-state index is 9.90. The Labute approximate surface area is 56.1 Å². The third-order valence-corrected chi connectivity index (χ3v) is 0.677. The van der Waals surface area contributed by atoms with E-state index in [1.54, 1.807) is 0 Å². The second kappa shape index (κ2) is 4.49. The molecule has 0 amide bonds. The van der Waals surface area contributed by atoms with Crippen LogP contribution in [0.2, 0.25) is 0 Å². The Kier molecular flexibility index (Phi) is 5.12. The average molecular weight is 150 g/mol. The normalized spacial score (nSPS) is 9.90. The molecule has 10 heavy (non-hydrogen) atoms. The third kappa shape index (κ3) is 4.76. The van der Waals surface area contributed by atoms with Gasteiger partial charge in [0.25, 0.3) is 0 Å². The van der Waals surface area contributed by atoms with Gasteiger partial charge in [-0.2, -0.15) is 0 Å². The van der Waals surface area contributed by atoms with Crippen molar-refractivity contribution in [3.8, 4) is 0 Å². The van der Waals surface area contributed by atoms with E-state index in [-0.39, 0.29) is 10.3 Å². The maximum Gasteiger partial charge on any atom is 0.331 e. The van der Waals surface area contributed by atoms with Crippen LogP contribution in [0.4, 0.5) is 4.70 Å². The third-order valence-electron chi connectivity index (χ3n) is 0.677. The van der Waals surface area contributed by atoms with E-state index in [0.29, 0.717) is 6.08 Å². The topological polar surface area (TPSA) is 74.6 Å². The molecule has 0 fully saturated rings. The zero-order valence-electron chi connectivity index (χ0n) is 5.20. The molecule has 0 saturated heterocycles. The van der Waals surface area contributed by atoms with Gasteiger partial charge in [0.15, 0.2) is 0 Å². The first kappa shape index (κ1) is 11.4. The lowest BCUT2D eigenvalue weighted by Gasteiger charge is -1.86. The van der Waals surface area contributed by atoms with Gasteiger partial charge >= 0.3 is 11.9 Å². The summed E-state index contributed by atoms with van der Waals surface area (Å²) in [7, 11) is 0. The molecule has 2 N–H and O–H groups in total. The van der Waals surface area contributed by atoms with E-state index in [2.05, 4.69) is 0 Å². The second-order valence-electron chi connectivity index (χ2n) is 1.47. The van der Waals surface area contributed by atoms with Gasteiger partial charge in [-0.25, -0.2) is 9.59 Å². The zero-order chi connectivity index (χ0) is 7.44. The minimum absolute atomic E-state index is 0. The van der Waals surface area contributed by atoms with Crippen molar-refractivity contribution in [1.29, 1.82) is 0 Å². The Morgan fingerprint density at radius 2 is 1.70 bits per heavy atom. The number of carboxylic acids is 2. The SMILES string of the molecule is C/C(=C/C(=O)O)C(=O)O.F. The van der Waals surface area contributed by atoms with Crippen LogP contribution >= 0.6 is 0 Å². The molecule has 0 radical (unpaired) electrons. The Hall–Kier alpha value is -1.39. The molecule has 5 heteroatoms. The Balaban J connectivity index is 0. The maximum absolute atomic E-state index is 9.90. The van der Waals surface area contributed by atoms with Crippen molar-refractivity contribution in [1.82, 2.24) is 0 Å². The van der Waals surface area contributed by atoms with Crippen LogP contribution in [0.25, 0.3) is 0 Å². The highest BCUT2D eigenvalue weighted by atomic mass is 19.0. The lowest BCUT2D eigenvalue weighted by Crippen LogP contribution is -1.99. The van der Waals surface area contributed by atoms with Gasteiger partial charge in [0.05, 0.1) is 0 Å². The fourth-order valence-electron chi connectivity index (χ4n) is 0.247. The van der Waals surface area contributed by atoms with Gasteiger partial charge in [0.2, 0.25) is 0 Å². The Bertz CT molecular complexity index is 172. The summed E-state index contributed by atoms with van der Waals surface area (Å²) in [5.74, 6) is -2.45. The number of halogens is 1. The van der Waals surface area contributed by atoms with Crippen LogP contribution in [0.3, 0.4) is 0 Å². The van der Waals surface area contributed by atoms with E-state index in [1.165, 1.54) is 6.92 Å². The highest BCUT2D eigenvalue weighted by Crippen LogP contribution is 1.89. The van der Waals surface area contributed by atoms with Crippen molar-refractivity contribution < 1.29 is 24.5 Å². The zero-order valence-corrected chi connectivity index (χ0v) is 5.20. The second-order valence-corrected chi connectivity index (χ2v) is 1.47. The summed E-state index contributed by atoms with van der Waals surface area (Å²) in [6.45, 7) is 1.22. The molecule has 0 rings (SSSR count). The summed E-state index contributed by atoms with van der Waals surface area (Å²) < 4.78 is 0. The number of rotatable bonds is 2. The number of carboxylic acid groups (broad SMARTS) is 2. The van der Waals surface area contributed by atoms with Gasteiger partial charge in [-0.15, -0.1) is 0 Å². The molecule has 0 aromatic heterocycles. The van der Waals surface area contributed by atoms with Crippen LogP contribution in [-0.4, -0.2) is 22.2 Å². The molecule has 0 atom stereocenters. The van der Waals surface area contributed by atoms with E-state index >= 15 is 0 Å². The van der Waals surface area contributed by atoms with Gasteiger partial charge in [-0.05, 0) is 6.92 Å². The first-order chi connectivity index (χ1) is 4.04. The molecule has 0 spiro atoms. The Morgan fingerprint density at radius 1 is 1.30 bits per heavy atom. The van der Waals surface area contributed by atoms with Crippen molar-refractivity contribution in [2.24, 2.45) is 0 Å². The molecule has 0 aliphatic heterocycles. The van der Waals surface area contributed by atoms with E-state index in [1.807, 2.05) is 0 Å². The van der Waals surface area contributed by atoms with Crippen LogP contribution in [0.1, 0.15) is 6.92 Å². The van der Waals surface area contributed by atoms with E-state index in [9.17, 15) is 9.59 Å². The van der Waals surface area contributed by atoms with E-state index < -0.39 is 11.9 Å². The molecule has 0 bridgehead atoms. The van der Waals surface area contributed by atoms with E-state index in [4.69, 9.17) is 10.2 Å². The predicted octanol–water partition coefficient (Wildman–Crippen LogP) is 0.254. The van der Waals surface area contributed by atoms with Gasteiger partial charge in [0.1, 0.15) is 0 Å². The predicted molar refractivity (Wildman–Crippen MR) is 31.5 cm³/mol. The summed E-state index contributed by atoms with van der Waals surface area (Å²) in [4.78, 5) is 19.7. The molecule has 0 saturated carbocycles. The van der Waals surface area contributed by atoms with Gasteiger partial charge < -0.3 is 10.2 Å². The van der Waals surface area contributed by atoms with Crippen molar-refractivity contribution in [3.05, 3.63) is 11.6 Å². The van der Waals surface area contributed by atoms with E-state index in [0.717, 1.165) is 0 Å². The summed E-state index contributed by atoms with van der Waals surface area (Å²) in [5.41, 5.74) is -0.178. The first-order valence-corrected chi connectivity index (χ1v) is 2.18. The molecule has 0 unspecified atom stereocenters. The molecular formula is C5H7FO4. The van der Waals surface area contributed by atoms with Crippen molar-refractivity contribution in [3.63, 3.8) is 0 Å². The number of aliphatic carboxylic acids is 2. The molecule has 0 aromatic carbocycles. The molecule has 0 heterocycles. The molecule has 0 aliphatic rings. The van der Waals surface area contributed by atoms with Gasteiger partial charge in [-0.3, -0.25) is 4.70 Å². The summed E-state index contributed by atoms with van der Waals surface area (Å²) >= 11 is 0. The van der Waals surface area contributed by atoms with Crippen LogP contribution in [0.5, 0.6) is 0 Å². The number of carbonyl (C=O) groups is 2. The highest BCUT2D eigenvalue weighted by molar-refractivity contribution is 5.93. The van der Waals surface area contributed by atoms with Crippen LogP contribution in [0.15, 0.2) is 11.6 Å². The number of hydrogen-bond acceptors (Lipinski definition) is 2. The minimum Gasteiger partial charge on any atom is -0.478 e. The van der Waals surface area contributed by atoms with Crippen LogP contribution < -0.4 is 0 Å². The van der Waals surface area contributed by atoms with Crippen molar-refractivity contribution >= 4 is 11.9 Å². The van der Waals surface area contributed by atoms with Crippen molar-refractivity contribution in [2.45, 2.75) is 6.92 Å². The molecule has 4 nitrogen and oxygen atoms in total. The van der Waals surface area contributed by atoms with Gasteiger partial charge in [-0.1, -0.05) is 0 Å². The highest BCUT2D eigenvalue weighted by Gasteiger charge is 2.00. The van der Waals surface area contributed by atoms with Crippen molar-refractivity contribution in [2.75, 3.05) is 0 Å². The average Bonchev–Trinajstić information content (AvgIpc) is 1.63. The quantitative estimate of drug-likeness (QED) is 0.553. The number of hydrogen-bond donors (Lipinski definition) is 2. The molecule has 0 aromatic rings. The fourth-order valence-corrected chi connectivity index (χ4v) is 0.247. The lowest BCUT2D eigenvalue weighted by molar-refractivity contribution is -0.135. The van der Waals surface area contributed by atoms with Crippen LogP contribution in [-0.2, 0) is 9.59 Å². The summed E-state index contributed by atoms with van der Waals surface area (Å²) in [5, 5.41) is 16.1. The monoisotopic (exact) mass is 150 g/mol. The largest absolute Gasteiger partial charge is 0.478 e. The summed E-state index contributed by atoms with van der Waals surface area (Å²) in [6.07, 6.45) is 0.641.